The summed E-state index contributed by atoms with van der Waals surface area (Å²) in [7, 11) is 0. The highest BCUT2D eigenvalue weighted by Crippen LogP contribution is 2.54. The molecule has 0 heterocycles. The molecule has 0 aliphatic heterocycles. The van der Waals surface area contributed by atoms with Crippen molar-refractivity contribution in [3.63, 3.8) is 0 Å². The van der Waals surface area contributed by atoms with Crippen molar-refractivity contribution in [3.05, 3.63) is 0 Å². The van der Waals surface area contributed by atoms with Crippen molar-refractivity contribution in [1.29, 1.82) is 0 Å². The van der Waals surface area contributed by atoms with Crippen LogP contribution < -0.4 is 0 Å². The van der Waals surface area contributed by atoms with Crippen LogP contribution >= 0.6 is 12.6 Å². The molecule has 0 bridgehead atoms. The van der Waals surface area contributed by atoms with E-state index in [0.29, 0.717) is 11.0 Å². The molecule has 10 heavy (non-hydrogen) atoms. The summed E-state index contributed by atoms with van der Waals surface area (Å²) in [6.07, 6.45) is 3.12. The SMILES string of the molecule is CCCC1(C(C)=O)CC1S. The van der Waals surface area contributed by atoms with E-state index in [1.807, 2.05) is 0 Å². The standard InChI is InChI=1S/C8H14OS/c1-3-4-8(6(2)9)5-7(8)10/h7,10H,3-5H2,1-2H3. The summed E-state index contributed by atoms with van der Waals surface area (Å²) in [5.41, 5.74) is -0.0160. The van der Waals surface area contributed by atoms with Gasteiger partial charge in [0.1, 0.15) is 5.78 Å². The topological polar surface area (TPSA) is 17.1 Å². The Kier molecular flexibility index (Phi) is 2.09. The zero-order chi connectivity index (χ0) is 7.78. The van der Waals surface area contributed by atoms with E-state index in [-0.39, 0.29) is 5.41 Å². The molecule has 1 nitrogen and oxygen atoms in total. The van der Waals surface area contributed by atoms with Gasteiger partial charge in [0.25, 0.3) is 0 Å². The molecule has 1 rings (SSSR count). The minimum atomic E-state index is -0.0160. The van der Waals surface area contributed by atoms with Gasteiger partial charge < -0.3 is 0 Å². The Morgan fingerprint density at radius 3 is 2.40 bits per heavy atom. The van der Waals surface area contributed by atoms with E-state index >= 15 is 0 Å². The number of rotatable bonds is 3. The average Bonchev–Trinajstić information content (AvgIpc) is 2.44. The van der Waals surface area contributed by atoms with E-state index in [1.165, 1.54) is 0 Å². The molecule has 0 amide bonds. The first-order valence-corrected chi connectivity index (χ1v) is 4.34. The van der Waals surface area contributed by atoms with E-state index in [1.54, 1.807) is 6.92 Å². The van der Waals surface area contributed by atoms with Gasteiger partial charge in [0.15, 0.2) is 0 Å². The molecule has 2 atom stereocenters. The van der Waals surface area contributed by atoms with Crippen molar-refractivity contribution in [1.82, 2.24) is 0 Å². The second-order valence-electron chi connectivity index (χ2n) is 3.18. The normalized spacial score (nSPS) is 37.7. The summed E-state index contributed by atoms with van der Waals surface area (Å²) in [5.74, 6) is 0.328. The van der Waals surface area contributed by atoms with Crippen LogP contribution in [0.2, 0.25) is 0 Å². The van der Waals surface area contributed by atoms with Crippen molar-refractivity contribution >= 4 is 18.4 Å². The maximum Gasteiger partial charge on any atom is 0.137 e. The lowest BCUT2D eigenvalue weighted by Gasteiger charge is -2.09. The zero-order valence-corrected chi connectivity index (χ0v) is 7.45. The van der Waals surface area contributed by atoms with Gasteiger partial charge in [-0.15, -0.1) is 0 Å². The maximum absolute atomic E-state index is 11.1. The molecule has 0 spiro atoms. The monoisotopic (exact) mass is 158 g/mol. The fraction of sp³-hybridized carbons (Fsp3) is 0.875. The number of carbonyl (C=O) groups is 1. The molecule has 0 aromatic carbocycles. The highest BCUT2D eigenvalue weighted by molar-refractivity contribution is 7.81. The second-order valence-corrected chi connectivity index (χ2v) is 3.81. The first-order valence-electron chi connectivity index (χ1n) is 3.82. The number of hydrogen-bond donors (Lipinski definition) is 1. The van der Waals surface area contributed by atoms with Crippen molar-refractivity contribution < 1.29 is 4.79 Å². The molecule has 2 heteroatoms. The van der Waals surface area contributed by atoms with Gasteiger partial charge in [-0.05, 0) is 19.8 Å². The molecule has 1 aliphatic carbocycles. The van der Waals surface area contributed by atoms with Gasteiger partial charge in [-0.1, -0.05) is 13.3 Å². The lowest BCUT2D eigenvalue weighted by atomic mass is 9.96. The third kappa shape index (κ3) is 1.09. The first kappa shape index (κ1) is 8.12. The van der Waals surface area contributed by atoms with Crippen molar-refractivity contribution in [2.45, 2.75) is 38.4 Å². The molecule has 0 aromatic rings. The van der Waals surface area contributed by atoms with Crippen molar-refractivity contribution in [2.75, 3.05) is 0 Å². The Labute approximate surface area is 67.6 Å². The molecule has 0 radical (unpaired) electrons. The highest BCUT2D eigenvalue weighted by Gasteiger charge is 2.54. The smallest absolute Gasteiger partial charge is 0.137 e. The average molecular weight is 158 g/mol. The molecule has 0 saturated heterocycles. The number of hydrogen-bond acceptors (Lipinski definition) is 2. The molecule has 2 unspecified atom stereocenters. The molecular weight excluding hydrogens is 144 g/mol. The molecule has 58 valence electrons. The van der Waals surface area contributed by atoms with E-state index in [0.717, 1.165) is 19.3 Å². The molecular formula is C8H14OS. The van der Waals surface area contributed by atoms with Gasteiger partial charge >= 0.3 is 0 Å². The highest BCUT2D eigenvalue weighted by atomic mass is 32.1. The number of ketones is 1. The fourth-order valence-electron chi connectivity index (χ4n) is 1.56. The minimum absolute atomic E-state index is 0.0160. The summed E-state index contributed by atoms with van der Waals surface area (Å²) in [5, 5.41) is 0.352. The number of Topliss-reactive ketones (excluding diaryl/α,β-unsaturated/α-hetero) is 1. The minimum Gasteiger partial charge on any atom is -0.299 e. The van der Waals surface area contributed by atoms with Crippen molar-refractivity contribution in [3.8, 4) is 0 Å². The van der Waals surface area contributed by atoms with Gasteiger partial charge in [-0.25, -0.2) is 0 Å². The van der Waals surface area contributed by atoms with Gasteiger partial charge in [0.05, 0.1) is 0 Å². The maximum atomic E-state index is 11.1. The van der Waals surface area contributed by atoms with Crippen LogP contribution in [0.1, 0.15) is 33.1 Å². The quantitative estimate of drug-likeness (QED) is 0.622. The first-order chi connectivity index (χ1) is 4.63. The van der Waals surface area contributed by atoms with Crippen LogP contribution in [0.3, 0.4) is 0 Å². The van der Waals surface area contributed by atoms with Crippen LogP contribution in [-0.4, -0.2) is 11.0 Å². The van der Waals surface area contributed by atoms with E-state index in [2.05, 4.69) is 19.6 Å². The second kappa shape index (κ2) is 2.57. The predicted molar refractivity (Wildman–Crippen MR) is 45.4 cm³/mol. The fourth-order valence-corrected chi connectivity index (χ4v) is 2.19. The van der Waals surface area contributed by atoms with Gasteiger partial charge in [-0.2, -0.15) is 12.6 Å². The van der Waals surface area contributed by atoms with Crippen LogP contribution in [0, 0.1) is 5.41 Å². The van der Waals surface area contributed by atoms with E-state index in [9.17, 15) is 4.79 Å². The Bertz CT molecular complexity index is 155. The third-order valence-electron chi connectivity index (χ3n) is 2.43. The van der Waals surface area contributed by atoms with Crippen LogP contribution in [0.15, 0.2) is 0 Å². The van der Waals surface area contributed by atoms with Crippen LogP contribution in [-0.2, 0) is 4.79 Å². The lowest BCUT2D eigenvalue weighted by Crippen LogP contribution is -2.14. The Morgan fingerprint density at radius 2 is 2.30 bits per heavy atom. The Balaban J connectivity index is 2.55. The molecule has 1 fully saturated rings. The lowest BCUT2D eigenvalue weighted by molar-refractivity contribution is -0.122. The van der Waals surface area contributed by atoms with Gasteiger partial charge in [0.2, 0.25) is 0 Å². The summed E-state index contributed by atoms with van der Waals surface area (Å²) in [6, 6.07) is 0. The number of carbonyl (C=O) groups excluding carboxylic acids is 1. The molecule has 0 aromatic heterocycles. The van der Waals surface area contributed by atoms with E-state index in [4.69, 9.17) is 0 Å². The van der Waals surface area contributed by atoms with E-state index < -0.39 is 0 Å². The van der Waals surface area contributed by atoms with Crippen LogP contribution in [0.5, 0.6) is 0 Å². The van der Waals surface area contributed by atoms with Crippen LogP contribution in [0.4, 0.5) is 0 Å². The van der Waals surface area contributed by atoms with Crippen LogP contribution in [0.25, 0.3) is 0 Å². The third-order valence-corrected chi connectivity index (χ3v) is 3.11. The Morgan fingerprint density at radius 1 is 1.80 bits per heavy atom. The predicted octanol–water partition coefficient (Wildman–Crippen LogP) is 2.06. The van der Waals surface area contributed by atoms with Crippen molar-refractivity contribution in [2.24, 2.45) is 5.41 Å². The molecule has 1 aliphatic rings. The summed E-state index contributed by atoms with van der Waals surface area (Å²) >= 11 is 4.31. The largest absolute Gasteiger partial charge is 0.299 e. The van der Waals surface area contributed by atoms with Gasteiger partial charge in [0, 0.05) is 10.7 Å². The Hall–Kier alpha value is 0.0200. The molecule has 1 saturated carbocycles. The number of thiol groups is 1. The summed E-state index contributed by atoms with van der Waals surface area (Å²) in [6.45, 7) is 3.80. The van der Waals surface area contributed by atoms with Gasteiger partial charge in [-0.3, -0.25) is 4.79 Å². The molecule has 0 N–H and O–H groups in total. The zero-order valence-electron chi connectivity index (χ0n) is 6.55. The summed E-state index contributed by atoms with van der Waals surface area (Å²) < 4.78 is 0. The summed E-state index contributed by atoms with van der Waals surface area (Å²) in [4.78, 5) is 11.1.